The quantitative estimate of drug-likeness (QED) is 0.430. The minimum atomic E-state index is -0.271. The molecule has 2 N–H and O–H groups in total. The molecule has 0 aromatic carbocycles. The summed E-state index contributed by atoms with van der Waals surface area (Å²) in [5.41, 5.74) is 1.08. The summed E-state index contributed by atoms with van der Waals surface area (Å²) in [4.78, 5) is 25.7. The summed E-state index contributed by atoms with van der Waals surface area (Å²) < 4.78 is 5.29. The van der Waals surface area contributed by atoms with Crippen molar-refractivity contribution in [3.8, 4) is 5.75 Å². The molecule has 1 aromatic heterocycles. The lowest BCUT2D eigenvalue weighted by molar-refractivity contribution is -0.116. The van der Waals surface area contributed by atoms with Gasteiger partial charge in [-0.3, -0.25) is 14.6 Å². The van der Waals surface area contributed by atoms with Crippen molar-refractivity contribution < 1.29 is 19.4 Å². The van der Waals surface area contributed by atoms with Gasteiger partial charge in [-0.2, -0.15) is 0 Å². The van der Waals surface area contributed by atoms with Crippen LogP contribution < -0.4 is 5.32 Å². The molecule has 0 aliphatic carbocycles. The van der Waals surface area contributed by atoms with E-state index in [4.69, 9.17) is 4.74 Å². The molecule has 0 saturated carbocycles. The van der Waals surface area contributed by atoms with Gasteiger partial charge in [0.25, 0.3) is 0 Å². The van der Waals surface area contributed by atoms with Crippen LogP contribution in [0, 0.1) is 6.92 Å². The molecular weight excluding hydrogens is 248 g/mol. The van der Waals surface area contributed by atoms with Crippen LogP contribution in [0.25, 0.3) is 0 Å². The third kappa shape index (κ3) is 4.18. The molecule has 102 valence electrons. The van der Waals surface area contributed by atoms with Crippen LogP contribution in [0.5, 0.6) is 5.75 Å². The number of hydrogen-bond donors (Lipinski definition) is 2. The van der Waals surface area contributed by atoms with Gasteiger partial charge in [0, 0.05) is 18.3 Å². The molecule has 19 heavy (non-hydrogen) atoms. The Bertz CT molecular complexity index is 486. The highest BCUT2D eigenvalue weighted by atomic mass is 16.5. The molecule has 0 aliphatic heterocycles. The van der Waals surface area contributed by atoms with Crippen LogP contribution in [0.1, 0.15) is 21.6 Å². The molecule has 0 fully saturated rings. The van der Waals surface area contributed by atoms with Crippen LogP contribution in [-0.4, -0.2) is 35.4 Å². The van der Waals surface area contributed by atoms with Crippen LogP contribution in [0.4, 0.5) is 0 Å². The zero-order valence-corrected chi connectivity index (χ0v) is 10.7. The van der Waals surface area contributed by atoms with Crippen molar-refractivity contribution in [3.05, 3.63) is 35.7 Å². The largest absolute Gasteiger partial charge is 0.505 e. The number of aryl methyl sites for hydroxylation is 1. The molecule has 1 aromatic rings. The zero-order valence-electron chi connectivity index (χ0n) is 10.7. The molecule has 1 amide bonds. The fraction of sp³-hybridized carbons (Fsp3) is 0.308. The minimum absolute atomic E-state index is 0.129. The van der Waals surface area contributed by atoms with Gasteiger partial charge in [0.2, 0.25) is 5.91 Å². The number of ether oxygens (including phenoxy) is 1. The second kappa shape index (κ2) is 7.27. The summed E-state index contributed by atoms with van der Waals surface area (Å²) in [6, 6.07) is 0. The highest BCUT2D eigenvalue weighted by molar-refractivity contribution is 5.86. The van der Waals surface area contributed by atoms with Gasteiger partial charge < -0.3 is 15.2 Å². The van der Waals surface area contributed by atoms with E-state index in [1.54, 1.807) is 6.92 Å². The molecular formula is C13H16N2O4. The number of aldehydes is 1. The van der Waals surface area contributed by atoms with E-state index in [1.165, 1.54) is 12.3 Å². The maximum Gasteiger partial charge on any atom is 0.243 e. The van der Waals surface area contributed by atoms with Crippen molar-refractivity contribution >= 4 is 12.2 Å². The first-order valence-corrected chi connectivity index (χ1v) is 5.70. The van der Waals surface area contributed by atoms with E-state index in [-0.39, 0.29) is 30.4 Å². The topological polar surface area (TPSA) is 88.5 Å². The monoisotopic (exact) mass is 264 g/mol. The van der Waals surface area contributed by atoms with E-state index in [9.17, 15) is 14.7 Å². The number of pyridine rings is 1. The van der Waals surface area contributed by atoms with E-state index in [1.807, 2.05) is 0 Å². The van der Waals surface area contributed by atoms with E-state index >= 15 is 0 Å². The number of hydrogen-bond acceptors (Lipinski definition) is 5. The molecule has 0 atom stereocenters. The summed E-state index contributed by atoms with van der Waals surface area (Å²) in [7, 11) is 0. The smallest absolute Gasteiger partial charge is 0.243 e. The van der Waals surface area contributed by atoms with E-state index < -0.39 is 0 Å². The standard InChI is InChI=1S/C13H16N2O4/c1-3-12(17)14-4-5-19-8-10-6-15-9(2)13(18)11(10)7-16/h3,6-7,18H,1,4-5,8H2,2H3,(H,14,17). The van der Waals surface area contributed by atoms with Crippen LogP contribution in [-0.2, 0) is 16.1 Å². The van der Waals surface area contributed by atoms with Gasteiger partial charge in [-0.05, 0) is 13.0 Å². The first-order valence-electron chi connectivity index (χ1n) is 5.70. The molecule has 1 heterocycles. The van der Waals surface area contributed by atoms with E-state index in [2.05, 4.69) is 16.9 Å². The number of carbonyl (C=O) groups is 2. The average molecular weight is 264 g/mol. The number of amides is 1. The Morgan fingerprint density at radius 2 is 2.37 bits per heavy atom. The summed E-state index contributed by atoms with van der Waals surface area (Å²) in [5, 5.41) is 12.2. The van der Waals surface area contributed by atoms with Gasteiger partial charge in [-0.1, -0.05) is 6.58 Å². The second-order valence-corrected chi connectivity index (χ2v) is 3.80. The SMILES string of the molecule is C=CC(=O)NCCOCc1cnc(C)c(O)c1C=O. The Morgan fingerprint density at radius 3 is 3.00 bits per heavy atom. The Balaban J connectivity index is 2.50. The summed E-state index contributed by atoms with van der Waals surface area (Å²) in [6.45, 7) is 5.69. The third-order valence-electron chi connectivity index (χ3n) is 2.46. The van der Waals surface area contributed by atoms with Gasteiger partial charge in [-0.25, -0.2) is 0 Å². The number of nitrogens with zero attached hydrogens (tertiary/aromatic N) is 1. The maximum atomic E-state index is 10.9. The van der Waals surface area contributed by atoms with Gasteiger partial charge >= 0.3 is 0 Å². The Labute approximate surface area is 111 Å². The maximum absolute atomic E-state index is 10.9. The predicted octanol–water partition coefficient (Wildman–Crippen LogP) is 0.727. The fourth-order valence-corrected chi connectivity index (χ4v) is 1.40. The van der Waals surface area contributed by atoms with Crippen molar-refractivity contribution in [3.63, 3.8) is 0 Å². The summed E-state index contributed by atoms with van der Waals surface area (Å²) in [5.74, 6) is -0.400. The third-order valence-corrected chi connectivity index (χ3v) is 2.46. The van der Waals surface area contributed by atoms with Crippen LogP contribution in [0.15, 0.2) is 18.9 Å². The molecule has 0 spiro atoms. The first-order chi connectivity index (χ1) is 9.10. The van der Waals surface area contributed by atoms with Crippen molar-refractivity contribution in [1.29, 1.82) is 0 Å². The summed E-state index contributed by atoms with van der Waals surface area (Å²) in [6.07, 6.45) is 3.23. The minimum Gasteiger partial charge on any atom is -0.505 e. The molecule has 1 rings (SSSR count). The van der Waals surface area contributed by atoms with Gasteiger partial charge in [0.05, 0.1) is 24.5 Å². The highest BCUT2D eigenvalue weighted by Gasteiger charge is 2.10. The molecule has 0 bridgehead atoms. The van der Waals surface area contributed by atoms with Gasteiger partial charge in [-0.15, -0.1) is 0 Å². The van der Waals surface area contributed by atoms with Crippen molar-refractivity contribution in [1.82, 2.24) is 10.3 Å². The van der Waals surface area contributed by atoms with Crippen LogP contribution >= 0.6 is 0 Å². The first kappa shape index (κ1) is 14.8. The van der Waals surface area contributed by atoms with E-state index in [0.717, 1.165) is 0 Å². The van der Waals surface area contributed by atoms with Crippen molar-refractivity contribution in [2.24, 2.45) is 0 Å². The average Bonchev–Trinajstić information content (AvgIpc) is 2.42. The highest BCUT2D eigenvalue weighted by Crippen LogP contribution is 2.22. The van der Waals surface area contributed by atoms with Crippen LogP contribution in [0.3, 0.4) is 0 Å². The number of aromatic hydroxyl groups is 1. The van der Waals surface area contributed by atoms with Gasteiger partial charge in [0.15, 0.2) is 6.29 Å². The van der Waals surface area contributed by atoms with Gasteiger partial charge in [0.1, 0.15) is 5.75 Å². The molecule has 6 heteroatoms. The lowest BCUT2D eigenvalue weighted by Gasteiger charge is -2.09. The molecule has 0 saturated heterocycles. The molecule has 0 unspecified atom stereocenters. The normalized spacial score (nSPS) is 9.95. The van der Waals surface area contributed by atoms with E-state index in [0.29, 0.717) is 24.1 Å². The molecule has 0 radical (unpaired) electrons. The lowest BCUT2D eigenvalue weighted by atomic mass is 10.1. The number of rotatable bonds is 7. The Hall–Kier alpha value is -2.21. The second-order valence-electron chi connectivity index (χ2n) is 3.80. The Morgan fingerprint density at radius 1 is 1.63 bits per heavy atom. The molecule has 6 nitrogen and oxygen atoms in total. The number of carbonyl (C=O) groups excluding carboxylic acids is 2. The number of aromatic nitrogens is 1. The zero-order chi connectivity index (χ0) is 14.3. The molecule has 0 aliphatic rings. The fourth-order valence-electron chi connectivity index (χ4n) is 1.40. The van der Waals surface area contributed by atoms with Crippen molar-refractivity contribution in [2.75, 3.05) is 13.2 Å². The van der Waals surface area contributed by atoms with Crippen molar-refractivity contribution in [2.45, 2.75) is 13.5 Å². The van der Waals surface area contributed by atoms with Crippen LogP contribution in [0.2, 0.25) is 0 Å². The lowest BCUT2D eigenvalue weighted by Crippen LogP contribution is -2.25. The number of nitrogens with one attached hydrogen (secondary N) is 1. The Kier molecular flexibility index (Phi) is 5.69. The summed E-state index contributed by atoms with van der Waals surface area (Å²) >= 11 is 0. The predicted molar refractivity (Wildman–Crippen MR) is 68.9 cm³/mol.